The minimum Gasteiger partial charge on any atom is -0.299 e. The number of rotatable bonds is 4. The first kappa shape index (κ1) is 13.4. The Hall–Kier alpha value is -1.55. The molecule has 0 aliphatic carbocycles. The molecule has 1 aliphatic rings. The maximum atomic E-state index is 12.6. The van der Waals surface area contributed by atoms with Crippen molar-refractivity contribution in [3.8, 4) is 0 Å². The molecule has 104 valence electrons. The van der Waals surface area contributed by atoms with Gasteiger partial charge in [0.25, 0.3) is 0 Å². The smallest absolute Gasteiger partial charge is 0.147 e. The van der Waals surface area contributed by atoms with Crippen LogP contribution in [0.5, 0.6) is 0 Å². The van der Waals surface area contributed by atoms with E-state index < -0.39 is 0 Å². The Morgan fingerprint density at radius 3 is 3.05 bits per heavy atom. The summed E-state index contributed by atoms with van der Waals surface area (Å²) >= 11 is 1.79. The molecular weight excluding hydrogens is 268 g/mol. The van der Waals surface area contributed by atoms with Gasteiger partial charge in [-0.05, 0) is 31.5 Å². The Labute approximate surface area is 123 Å². The van der Waals surface area contributed by atoms with E-state index in [1.165, 1.54) is 10.5 Å². The molecule has 4 heteroatoms. The maximum Gasteiger partial charge on any atom is 0.147 e. The van der Waals surface area contributed by atoms with Crippen molar-refractivity contribution in [2.24, 2.45) is 0 Å². The van der Waals surface area contributed by atoms with Crippen molar-refractivity contribution < 1.29 is 4.79 Å². The fraction of sp³-hybridized carbons (Fsp3) is 0.375. The summed E-state index contributed by atoms with van der Waals surface area (Å²) in [7, 11) is 0. The first-order chi connectivity index (χ1) is 9.69. The number of carbonyl (C=O) groups excluding carboxylic acids is 1. The Balaban J connectivity index is 1.81. The minimum atomic E-state index is 0.0386. The number of aryl methyl sites for hydroxylation is 2. The molecule has 2 heterocycles. The second-order valence-electron chi connectivity index (χ2n) is 5.14. The number of ketones is 1. The zero-order valence-electron chi connectivity index (χ0n) is 11.8. The van der Waals surface area contributed by atoms with E-state index in [0.717, 1.165) is 23.7 Å². The van der Waals surface area contributed by atoms with Crippen molar-refractivity contribution in [2.45, 2.75) is 37.6 Å². The van der Waals surface area contributed by atoms with Crippen LogP contribution in [0.4, 0.5) is 0 Å². The summed E-state index contributed by atoms with van der Waals surface area (Å²) < 4.78 is 1.93. The maximum absolute atomic E-state index is 12.6. The zero-order valence-corrected chi connectivity index (χ0v) is 12.6. The number of hydrogen-bond donors (Lipinski definition) is 0. The van der Waals surface area contributed by atoms with Gasteiger partial charge in [0.2, 0.25) is 0 Å². The average molecular weight is 286 g/mol. The van der Waals surface area contributed by atoms with Crippen molar-refractivity contribution in [1.29, 1.82) is 0 Å². The molecule has 0 saturated heterocycles. The molecule has 3 rings (SSSR count). The Bertz CT molecular complexity index is 648. The van der Waals surface area contributed by atoms with Crippen molar-refractivity contribution in [3.05, 3.63) is 47.3 Å². The average Bonchev–Trinajstić information content (AvgIpc) is 3.02. The molecule has 1 aromatic carbocycles. The van der Waals surface area contributed by atoms with E-state index in [0.29, 0.717) is 12.2 Å². The fourth-order valence-electron chi connectivity index (χ4n) is 2.75. The molecule has 1 unspecified atom stereocenters. The van der Waals surface area contributed by atoms with Crippen LogP contribution < -0.4 is 0 Å². The van der Waals surface area contributed by atoms with Crippen LogP contribution in [0, 0.1) is 6.92 Å². The zero-order chi connectivity index (χ0) is 14.1. The number of benzene rings is 1. The summed E-state index contributed by atoms with van der Waals surface area (Å²) in [6.07, 6.45) is 0.480. The first-order valence-corrected chi connectivity index (χ1v) is 7.95. The van der Waals surface area contributed by atoms with E-state index in [1.807, 2.05) is 29.8 Å². The number of fused-ring (bicyclic) bond motifs is 1. The van der Waals surface area contributed by atoms with Gasteiger partial charge in [0, 0.05) is 29.3 Å². The molecule has 0 fully saturated rings. The van der Waals surface area contributed by atoms with Gasteiger partial charge in [0.05, 0.1) is 11.6 Å². The monoisotopic (exact) mass is 286 g/mol. The SMILES string of the molecule is CCn1nc(C)cc1CC(=O)C1CSc2ccccc21. The molecule has 1 atom stereocenters. The lowest BCUT2D eigenvalue weighted by molar-refractivity contribution is -0.119. The van der Waals surface area contributed by atoms with Crippen LogP contribution in [-0.2, 0) is 17.8 Å². The van der Waals surface area contributed by atoms with Gasteiger partial charge in [0.15, 0.2) is 0 Å². The lowest BCUT2D eigenvalue weighted by Crippen LogP contribution is -2.17. The molecule has 0 N–H and O–H groups in total. The number of thioether (sulfide) groups is 1. The Morgan fingerprint density at radius 1 is 1.45 bits per heavy atom. The van der Waals surface area contributed by atoms with E-state index >= 15 is 0 Å². The van der Waals surface area contributed by atoms with Crippen molar-refractivity contribution in [1.82, 2.24) is 9.78 Å². The lowest BCUT2D eigenvalue weighted by atomic mass is 9.94. The first-order valence-electron chi connectivity index (χ1n) is 6.96. The van der Waals surface area contributed by atoms with Crippen molar-refractivity contribution >= 4 is 17.5 Å². The number of Topliss-reactive ketones (excluding diaryl/α,β-unsaturated/α-hetero) is 1. The van der Waals surface area contributed by atoms with Gasteiger partial charge in [-0.1, -0.05) is 18.2 Å². The number of carbonyl (C=O) groups is 1. The quantitative estimate of drug-likeness (QED) is 0.865. The van der Waals surface area contributed by atoms with Crippen LogP contribution >= 0.6 is 11.8 Å². The van der Waals surface area contributed by atoms with Gasteiger partial charge >= 0.3 is 0 Å². The molecule has 3 nitrogen and oxygen atoms in total. The molecule has 1 aliphatic heterocycles. The van der Waals surface area contributed by atoms with E-state index in [-0.39, 0.29) is 5.92 Å². The second-order valence-corrected chi connectivity index (χ2v) is 6.20. The largest absolute Gasteiger partial charge is 0.299 e. The minimum absolute atomic E-state index is 0.0386. The normalized spacial score (nSPS) is 17.2. The Kier molecular flexibility index (Phi) is 3.66. The van der Waals surface area contributed by atoms with E-state index in [2.05, 4.69) is 24.2 Å². The predicted octanol–water partition coefficient (Wildman–Crippen LogP) is 3.21. The van der Waals surface area contributed by atoms with Gasteiger partial charge in [-0.25, -0.2) is 0 Å². The molecule has 1 aromatic heterocycles. The second kappa shape index (κ2) is 5.44. The summed E-state index contributed by atoms with van der Waals surface area (Å²) in [4.78, 5) is 13.9. The number of hydrogen-bond acceptors (Lipinski definition) is 3. The van der Waals surface area contributed by atoms with Gasteiger partial charge in [-0.15, -0.1) is 11.8 Å². The lowest BCUT2D eigenvalue weighted by Gasteiger charge is -2.10. The standard InChI is InChI=1S/C16H18N2OS/c1-3-18-12(8-11(2)17-18)9-15(19)14-10-20-16-7-5-4-6-13(14)16/h4-8,14H,3,9-10H2,1-2H3. The van der Waals surface area contributed by atoms with Gasteiger partial charge in [0.1, 0.15) is 5.78 Å². The third-order valence-electron chi connectivity index (χ3n) is 3.73. The third-order valence-corrected chi connectivity index (χ3v) is 4.91. The molecule has 0 saturated carbocycles. The van der Waals surface area contributed by atoms with Gasteiger partial charge in [-0.2, -0.15) is 5.10 Å². The summed E-state index contributed by atoms with van der Waals surface area (Å²) in [6, 6.07) is 10.3. The third kappa shape index (κ3) is 2.40. The molecule has 0 amide bonds. The van der Waals surface area contributed by atoms with Crippen LogP contribution in [0.2, 0.25) is 0 Å². The van der Waals surface area contributed by atoms with Crippen LogP contribution in [0.3, 0.4) is 0 Å². The fourth-order valence-corrected chi connectivity index (χ4v) is 4.01. The highest BCUT2D eigenvalue weighted by atomic mass is 32.2. The number of nitrogens with zero attached hydrogens (tertiary/aromatic N) is 2. The Morgan fingerprint density at radius 2 is 2.25 bits per heavy atom. The molecule has 0 radical (unpaired) electrons. The molecule has 2 aromatic rings. The summed E-state index contributed by atoms with van der Waals surface area (Å²) in [5.41, 5.74) is 3.21. The summed E-state index contributed by atoms with van der Waals surface area (Å²) in [5.74, 6) is 1.21. The highest BCUT2D eigenvalue weighted by Gasteiger charge is 2.29. The van der Waals surface area contributed by atoms with E-state index in [1.54, 1.807) is 11.8 Å². The van der Waals surface area contributed by atoms with Crippen LogP contribution in [-0.4, -0.2) is 21.3 Å². The summed E-state index contributed by atoms with van der Waals surface area (Å²) in [5, 5.41) is 4.41. The van der Waals surface area contributed by atoms with Crippen LogP contribution in [0.1, 0.15) is 29.8 Å². The molecule has 0 bridgehead atoms. The van der Waals surface area contributed by atoms with Gasteiger partial charge in [-0.3, -0.25) is 9.48 Å². The molecule has 20 heavy (non-hydrogen) atoms. The molecule has 0 spiro atoms. The number of aromatic nitrogens is 2. The highest BCUT2D eigenvalue weighted by molar-refractivity contribution is 7.99. The van der Waals surface area contributed by atoms with Crippen molar-refractivity contribution in [3.63, 3.8) is 0 Å². The topological polar surface area (TPSA) is 34.9 Å². The van der Waals surface area contributed by atoms with Crippen LogP contribution in [0.25, 0.3) is 0 Å². The van der Waals surface area contributed by atoms with E-state index in [9.17, 15) is 4.79 Å². The predicted molar refractivity (Wildman–Crippen MR) is 81.3 cm³/mol. The van der Waals surface area contributed by atoms with E-state index in [4.69, 9.17) is 0 Å². The van der Waals surface area contributed by atoms with Gasteiger partial charge < -0.3 is 0 Å². The molecular formula is C16H18N2OS. The van der Waals surface area contributed by atoms with Crippen molar-refractivity contribution in [2.75, 3.05) is 5.75 Å². The summed E-state index contributed by atoms with van der Waals surface area (Å²) in [6.45, 7) is 4.84. The van der Waals surface area contributed by atoms with Crippen LogP contribution in [0.15, 0.2) is 35.2 Å². The highest BCUT2D eigenvalue weighted by Crippen LogP contribution is 2.40.